The second-order valence-electron chi connectivity index (χ2n) is 4.44. The van der Waals surface area contributed by atoms with E-state index < -0.39 is 0 Å². The minimum atomic E-state index is 0.503. The average molecular weight is 302 g/mol. The Bertz CT molecular complexity index is 813. The van der Waals surface area contributed by atoms with Crippen molar-refractivity contribution >= 4 is 34.2 Å². The Kier molecular flexibility index (Phi) is 3.35. The predicted octanol–water partition coefficient (Wildman–Crippen LogP) is 4.26. The maximum Gasteiger partial charge on any atom is 0.0991 e. The molecule has 0 fully saturated rings. The Morgan fingerprint density at radius 2 is 1.80 bits per heavy atom. The normalized spacial score (nSPS) is 10.7. The number of halogens is 2. The summed E-state index contributed by atoms with van der Waals surface area (Å²) in [6.07, 6.45) is 1.76. The summed E-state index contributed by atoms with van der Waals surface area (Å²) in [5.41, 5.74) is 3.49. The molecule has 0 aliphatic heterocycles. The molecule has 3 aromatic rings. The fraction of sp³-hybridized carbons (Fsp3) is 0.0667. The number of benzene rings is 2. The quantitative estimate of drug-likeness (QED) is 0.709. The zero-order valence-electron chi connectivity index (χ0n) is 10.3. The highest BCUT2D eigenvalue weighted by Gasteiger charge is 2.07. The van der Waals surface area contributed by atoms with Crippen molar-refractivity contribution < 1.29 is 0 Å². The lowest BCUT2D eigenvalue weighted by Crippen LogP contribution is -1.97. The molecule has 0 aliphatic carbocycles. The lowest BCUT2D eigenvalue weighted by atomic mass is 10.1. The van der Waals surface area contributed by atoms with E-state index in [-0.39, 0.29) is 0 Å². The van der Waals surface area contributed by atoms with E-state index in [0.29, 0.717) is 22.2 Å². The van der Waals surface area contributed by atoms with E-state index in [1.54, 1.807) is 24.5 Å². The Morgan fingerprint density at radius 1 is 1.10 bits per heavy atom. The van der Waals surface area contributed by atoms with Crippen LogP contribution < -0.4 is 0 Å². The van der Waals surface area contributed by atoms with Crippen molar-refractivity contribution in [1.82, 2.24) is 9.55 Å². The third-order valence-corrected chi connectivity index (χ3v) is 3.82. The van der Waals surface area contributed by atoms with Crippen molar-refractivity contribution in [2.45, 2.75) is 6.54 Å². The van der Waals surface area contributed by atoms with Crippen LogP contribution in [0.1, 0.15) is 11.1 Å². The van der Waals surface area contributed by atoms with E-state index in [1.165, 1.54) is 0 Å². The van der Waals surface area contributed by atoms with Crippen molar-refractivity contribution in [3.8, 4) is 6.07 Å². The molecule has 0 radical (unpaired) electrons. The van der Waals surface area contributed by atoms with E-state index in [4.69, 9.17) is 28.5 Å². The molecule has 1 aromatic heterocycles. The Hall–Kier alpha value is -2.02. The lowest BCUT2D eigenvalue weighted by Gasteiger charge is -2.05. The van der Waals surface area contributed by atoms with Gasteiger partial charge in [0, 0.05) is 6.54 Å². The van der Waals surface area contributed by atoms with Crippen LogP contribution in [0.3, 0.4) is 0 Å². The maximum atomic E-state index is 8.79. The molecule has 0 bridgehead atoms. The molecule has 3 nitrogen and oxygen atoms in total. The Balaban J connectivity index is 1.98. The van der Waals surface area contributed by atoms with Gasteiger partial charge in [0.1, 0.15) is 0 Å². The van der Waals surface area contributed by atoms with Crippen molar-refractivity contribution in [2.24, 2.45) is 0 Å². The molecule has 0 spiro atoms. The van der Waals surface area contributed by atoms with E-state index in [1.807, 2.05) is 22.8 Å². The average Bonchev–Trinajstić information content (AvgIpc) is 2.83. The zero-order valence-corrected chi connectivity index (χ0v) is 11.9. The molecule has 0 amide bonds. The second kappa shape index (κ2) is 5.16. The first-order valence-corrected chi connectivity index (χ1v) is 6.72. The van der Waals surface area contributed by atoms with Crippen LogP contribution in [-0.2, 0) is 6.54 Å². The summed E-state index contributed by atoms with van der Waals surface area (Å²) in [6, 6.07) is 13.2. The van der Waals surface area contributed by atoms with Gasteiger partial charge in [0.2, 0.25) is 0 Å². The molecule has 0 saturated carbocycles. The number of hydrogen-bond donors (Lipinski definition) is 0. The number of aromatic nitrogens is 2. The SMILES string of the molecule is N#Cc1ccc(Cn2cnc3cc(Cl)c(Cl)cc32)cc1. The summed E-state index contributed by atoms with van der Waals surface area (Å²) >= 11 is 12.0. The summed E-state index contributed by atoms with van der Waals surface area (Å²) in [6.45, 7) is 0.667. The molecule has 2 aromatic carbocycles. The molecular weight excluding hydrogens is 293 g/mol. The Morgan fingerprint density at radius 3 is 2.50 bits per heavy atom. The van der Waals surface area contributed by atoms with Crippen LogP contribution in [-0.4, -0.2) is 9.55 Å². The molecule has 0 atom stereocenters. The first kappa shape index (κ1) is 13.0. The second-order valence-corrected chi connectivity index (χ2v) is 5.25. The molecule has 20 heavy (non-hydrogen) atoms. The molecule has 98 valence electrons. The smallest absolute Gasteiger partial charge is 0.0991 e. The van der Waals surface area contributed by atoms with Gasteiger partial charge >= 0.3 is 0 Å². The highest BCUT2D eigenvalue weighted by molar-refractivity contribution is 6.42. The van der Waals surface area contributed by atoms with Gasteiger partial charge in [0.05, 0.1) is 39.0 Å². The van der Waals surface area contributed by atoms with Crippen LogP contribution in [0.25, 0.3) is 11.0 Å². The van der Waals surface area contributed by atoms with Crippen LogP contribution in [0.15, 0.2) is 42.7 Å². The number of hydrogen-bond acceptors (Lipinski definition) is 2. The first-order valence-electron chi connectivity index (χ1n) is 5.96. The number of rotatable bonds is 2. The summed E-state index contributed by atoms with van der Waals surface area (Å²) in [5, 5.41) is 9.81. The minimum Gasteiger partial charge on any atom is -0.326 e. The summed E-state index contributed by atoms with van der Waals surface area (Å²) in [7, 11) is 0. The predicted molar refractivity (Wildman–Crippen MR) is 80.0 cm³/mol. The van der Waals surface area contributed by atoms with Gasteiger partial charge in [-0.25, -0.2) is 4.98 Å². The van der Waals surface area contributed by atoms with Gasteiger partial charge < -0.3 is 4.57 Å². The third kappa shape index (κ3) is 2.36. The molecule has 1 heterocycles. The van der Waals surface area contributed by atoms with Gasteiger partial charge in [-0.15, -0.1) is 0 Å². The molecule has 5 heteroatoms. The fourth-order valence-electron chi connectivity index (χ4n) is 2.06. The van der Waals surface area contributed by atoms with E-state index in [0.717, 1.165) is 16.6 Å². The van der Waals surface area contributed by atoms with E-state index >= 15 is 0 Å². The molecule has 0 N–H and O–H groups in total. The van der Waals surface area contributed by atoms with Gasteiger partial charge in [-0.2, -0.15) is 5.26 Å². The Labute approximate surface area is 126 Å². The molecular formula is C15H9Cl2N3. The van der Waals surface area contributed by atoms with E-state index in [2.05, 4.69) is 11.1 Å². The topological polar surface area (TPSA) is 41.6 Å². The van der Waals surface area contributed by atoms with Crippen LogP contribution >= 0.6 is 23.2 Å². The fourth-order valence-corrected chi connectivity index (χ4v) is 2.38. The zero-order chi connectivity index (χ0) is 14.1. The van der Waals surface area contributed by atoms with Gasteiger partial charge in [0.15, 0.2) is 0 Å². The van der Waals surface area contributed by atoms with Crippen molar-refractivity contribution in [2.75, 3.05) is 0 Å². The lowest BCUT2D eigenvalue weighted by molar-refractivity contribution is 0.824. The number of fused-ring (bicyclic) bond motifs is 1. The number of nitriles is 1. The van der Waals surface area contributed by atoms with Crippen molar-refractivity contribution in [3.05, 3.63) is 63.9 Å². The van der Waals surface area contributed by atoms with E-state index in [9.17, 15) is 0 Å². The number of imidazole rings is 1. The van der Waals surface area contributed by atoms with Crippen LogP contribution in [0.5, 0.6) is 0 Å². The molecule has 0 saturated heterocycles. The minimum absolute atomic E-state index is 0.503. The highest BCUT2D eigenvalue weighted by Crippen LogP contribution is 2.27. The molecule has 0 unspecified atom stereocenters. The van der Waals surface area contributed by atoms with Gasteiger partial charge in [-0.1, -0.05) is 35.3 Å². The van der Waals surface area contributed by atoms with Crippen LogP contribution in [0.2, 0.25) is 10.0 Å². The van der Waals surface area contributed by atoms with Crippen LogP contribution in [0.4, 0.5) is 0 Å². The summed E-state index contributed by atoms with van der Waals surface area (Å²) < 4.78 is 2.00. The highest BCUT2D eigenvalue weighted by atomic mass is 35.5. The van der Waals surface area contributed by atoms with Gasteiger partial charge in [-0.05, 0) is 29.8 Å². The first-order chi connectivity index (χ1) is 9.67. The summed E-state index contributed by atoms with van der Waals surface area (Å²) in [5.74, 6) is 0. The largest absolute Gasteiger partial charge is 0.326 e. The maximum absolute atomic E-state index is 8.79. The van der Waals surface area contributed by atoms with Gasteiger partial charge in [0.25, 0.3) is 0 Å². The third-order valence-electron chi connectivity index (χ3n) is 3.10. The number of nitrogens with zero attached hydrogens (tertiary/aromatic N) is 3. The van der Waals surface area contributed by atoms with Crippen LogP contribution in [0, 0.1) is 11.3 Å². The molecule has 0 aliphatic rings. The summed E-state index contributed by atoms with van der Waals surface area (Å²) in [4.78, 5) is 4.32. The monoisotopic (exact) mass is 301 g/mol. The standard InChI is InChI=1S/C15H9Cl2N3/c16-12-5-14-15(6-13(12)17)20(9-19-14)8-11-3-1-10(7-18)2-4-11/h1-6,9H,8H2. The van der Waals surface area contributed by atoms with Gasteiger partial charge in [-0.3, -0.25) is 0 Å². The van der Waals surface area contributed by atoms with Crippen molar-refractivity contribution in [1.29, 1.82) is 5.26 Å². The molecule has 3 rings (SSSR count). The van der Waals surface area contributed by atoms with Crippen molar-refractivity contribution in [3.63, 3.8) is 0 Å².